The minimum atomic E-state index is -0.351. The van der Waals surface area contributed by atoms with Crippen LogP contribution >= 0.6 is 0 Å². The first-order valence-electron chi connectivity index (χ1n) is 8.93. The topological polar surface area (TPSA) is 73.6 Å². The molecule has 2 aromatic rings. The Morgan fingerprint density at radius 2 is 1.85 bits per heavy atom. The SMILES string of the molecule is CCOc1ccc(C2(CNc3ccccc3[N+](=O)[O-])CCOCC2)cc1. The number of benzene rings is 2. The van der Waals surface area contributed by atoms with E-state index in [1.807, 2.05) is 25.1 Å². The molecule has 6 heteroatoms. The third kappa shape index (κ3) is 3.96. The molecule has 1 heterocycles. The Hall–Kier alpha value is -2.60. The van der Waals surface area contributed by atoms with Crippen molar-refractivity contribution in [3.05, 3.63) is 64.2 Å². The lowest BCUT2D eigenvalue weighted by molar-refractivity contribution is -0.384. The van der Waals surface area contributed by atoms with Gasteiger partial charge < -0.3 is 14.8 Å². The molecule has 1 saturated heterocycles. The number of hydrogen-bond donors (Lipinski definition) is 1. The third-order valence-electron chi connectivity index (χ3n) is 4.95. The van der Waals surface area contributed by atoms with E-state index in [0.29, 0.717) is 32.1 Å². The molecule has 6 nitrogen and oxygen atoms in total. The van der Waals surface area contributed by atoms with E-state index in [4.69, 9.17) is 9.47 Å². The Balaban J connectivity index is 1.83. The molecule has 3 rings (SSSR count). The number of rotatable bonds is 7. The monoisotopic (exact) mass is 356 g/mol. The number of nitro benzene ring substituents is 1. The van der Waals surface area contributed by atoms with Crippen molar-refractivity contribution in [3.63, 3.8) is 0 Å². The minimum absolute atomic E-state index is 0.0985. The van der Waals surface area contributed by atoms with E-state index in [-0.39, 0.29) is 16.0 Å². The van der Waals surface area contributed by atoms with Gasteiger partial charge in [-0.1, -0.05) is 24.3 Å². The molecule has 0 amide bonds. The number of para-hydroxylation sites is 2. The summed E-state index contributed by atoms with van der Waals surface area (Å²) in [7, 11) is 0. The van der Waals surface area contributed by atoms with Gasteiger partial charge in [0.2, 0.25) is 0 Å². The Bertz CT molecular complexity index is 740. The minimum Gasteiger partial charge on any atom is -0.494 e. The summed E-state index contributed by atoms with van der Waals surface area (Å²) in [6, 6.07) is 14.9. The number of anilines is 1. The Morgan fingerprint density at radius 1 is 1.15 bits per heavy atom. The predicted octanol–water partition coefficient (Wildman–Crippen LogP) is 4.15. The van der Waals surface area contributed by atoms with Crippen molar-refractivity contribution in [3.8, 4) is 5.75 Å². The van der Waals surface area contributed by atoms with Crippen LogP contribution in [0.3, 0.4) is 0 Å². The highest BCUT2D eigenvalue weighted by Crippen LogP contribution is 2.37. The fraction of sp³-hybridized carbons (Fsp3) is 0.400. The van der Waals surface area contributed by atoms with E-state index in [0.717, 1.165) is 18.6 Å². The van der Waals surface area contributed by atoms with E-state index in [1.54, 1.807) is 12.1 Å². The molecular formula is C20H24N2O4. The Kier molecular flexibility index (Phi) is 5.73. The fourth-order valence-electron chi connectivity index (χ4n) is 3.45. The molecule has 0 bridgehead atoms. The Morgan fingerprint density at radius 3 is 2.50 bits per heavy atom. The number of nitro groups is 1. The van der Waals surface area contributed by atoms with Gasteiger partial charge in [-0.2, -0.15) is 0 Å². The van der Waals surface area contributed by atoms with Crippen LogP contribution in [0.1, 0.15) is 25.3 Å². The molecule has 26 heavy (non-hydrogen) atoms. The van der Waals surface area contributed by atoms with Gasteiger partial charge in [0.15, 0.2) is 0 Å². The summed E-state index contributed by atoms with van der Waals surface area (Å²) < 4.78 is 11.1. The predicted molar refractivity (Wildman–Crippen MR) is 101 cm³/mol. The highest BCUT2D eigenvalue weighted by molar-refractivity contribution is 5.61. The normalized spacial score (nSPS) is 16.0. The summed E-state index contributed by atoms with van der Waals surface area (Å²) in [6.07, 6.45) is 1.74. The smallest absolute Gasteiger partial charge is 0.292 e. The summed E-state index contributed by atoms with van der Waals surface area (Å²) in [6.45, 7) is 4.59. The molecule has 1 N–H and O–H groups in total. The number of hydrogen-bond acceptors (Lipinski definition) is 5. The summed E-state index contributed by atoms with van der Waals surface area (Å²) in [5, 5.41) is 14.6. The van der Waals surface area contributed by atoms with Crippen molar-refractivity contribution in [2.75, 3.05) is 31.7 Å². The lowest BCUT2D eigenvalue weighted by atomic mass is 9.74. The summed E-state index contributed by atoms with van der Waals surface area (Å²) in [5.41, 5.74) is 1.73. The van der Waals surface area contributed by atoms with Crippen LogP contribution < -0.4 is 10.1 Å². The van der Waals surface area contributed by atoms with Crippen LogP contribution in [-0.2, 0) is 10.2 Å². The van der Waals surface area contributed by atoms with Gasteiger partial charge in [0, 0.05) is 31.2 Å². The lowest BCUT2D eigenvalue weighted by Crippen LogP contribution is -2.40. The van der Waals surface area contributed by atoms with E-state index in [9.17, 15) is 10.1 Å². The second-order valence-corrected chi connectivity index (χ2v) is 6.48. The second-order valence-electron chi connectivity index (χ2n) is 6.48. The number of ether oxygens (including phenoxy) is 2. The molecule has 2 aromatic carbocycles. The first kappa shape index (κ1) is 18.2. The zero-order valence-electron chi connectivity index (χ0n) is 14.9. The average molecular weight is 356 g/mol. The molecule has 0 aromatic heterocycles. The maximum atomic E-state index is 11.3. The van der Waals surface area contributed by atoms with E-state index >= 15 is 0 Å². The maximum absolute atomic E-state index is 11.3. The summed E-state index contributed by atoms with van der Waals surface area (Å²) >= 11 is 0. The van der Waals surface area contributed by atoms with Gasteiger partial charge in [-0.05, 0) is 43.5 Å². The van der Waals surface area contributed by atoms with Crippen LogP contribution in [0.15, 0.2) is 48.5 Å². The molecule has 0 unspecified atom stereocenters. The van der Waals surface area contributed by atoms with Gasteiger partial charge in [0.05, 0.1) is 11.5 Å². The molecule has 0 radical (unpaired) electrons. The molecule has 0 saturated carbocycles. The van der Waals surface area contributed by atoms with Crippen molar-refractivity contribution < 1.29 is 14.4 Å². The number of nitrogens with zero attached hydrogens (tertiary/aromatic N) is 1. The van der Waals surface area contributed by atoms with Gasteiger partial charge >= 0.3 is 0 Å². The van der Waals surface area contributed by atoms with Crippen molar-refractivity contribution in [2.45, 2.75) is 25.2 Å². The van der Waals surface area contributed by atoms with Gasteiger partial charge in [-0.15, -0.1) is 0 Å². The zero-order valence-corrected chi connectivity index (χ0v) is 14.9. The molecule has 0 atom stereocenters. The second kappa shape index (κ2) is 8.19. The van der Waals surface area contributed by atoms with Crippen molar-refractivity contribution >= 4 is 11.4 Å². The summed E-state index contributed by atoms with van der Waals surface area (Å²) in [5.74, 6) is 0.852. The third-order valence-corrected chi connectivity index (χ3v) is 4.95. The lowest BCUT2D eigenvalue weighted by Gasteiger charge is -2.38. The zero-order chi connectivity index (χ0) is 18.4. The fourth-order valence-corrected chi connectivity index (χ4v) is 3.45. The Labute approximate surface area is 153 Å². The number of nitrogens with one attached hydrogen (secondary N) is 1. The van der Waals surface area contributed by atoms with Gasteiger partial charge in [0.1, 0.15) is 11.4 Å². The highest BCUT2D eigenvalue weighted by Gasteiger charge is 2.35. The van der Waals surface area contributed by atoms with Crippen molar-refractivity contribution in [1.29, 1.82) is 0 Å². The quantitative estimate of drug-likeness (QED) is 0.596. The standard InChI is InChI=1S/C20H24N2O4/c1-2-26-17-9-7-16(8-10-17)20(11-13-25-14-12-20)15-21-18-5-3-4-6-19(18)22(23)24/h3-10,21H,2,11-15H2,1H3. The first-order valence-corrected chi connectivity index (χ1v) is 8.93. The average Bonchev–Trinajstić information content (AvgIpc) is 2.68. The van der Waals surface area contributed by atoms with Crippen LogP contribution in [0.4, 0.5) is 11.4 Å². The van der Waals surface area contributed by atoms with Crippen LogP contribution in [0, 0.1) is 10.1 Å². The van der Waals surface area contributed by atoms with Crippen molar-refractivity contribution in [2.24, 2.45) is 0 Å². The van der Waals surface area contributed by atoms with E-state index < -0.39 is 0 Å². The van der Waals surface area contributed by atoms with Crippen LogP contribution in [0.25, 0.3) is 0 Å². The highest BCUT2D eigenvalue weighted by atomic mass is 16.6. The largest absolute Gasteiger partial charge is 0.494 e. The van der Waals surface area contributed by atoms with Crippen LogP contribution in [-0.4, -0.2) is 31.3 Å². The molecule has 0 aliphatic carbocycles. The van der Waals surface area contributed by atoms with E-state index in [2.05, 4.69) is 17.4 Å². The van der Waals surface area contributed by atoms with Gasteiger partial charge in [-0.25, -0.2) is 0 Å². The molecular weight excluding hydrogens is 332 g/mol. The van der Waals surface area contributed by atoms with Gasteiger partial charge in [0.25, 0.3) is 5.69 Å². The van der Waals surface area contributed by atoms with Crippen LogP contribution in [0.5, 0.6) is 5.75 Å². The van der Waals surface area contributed by atoms with Crippen LogP contribution in [0.2, 0.25) is 0 Å². The molecule has 1 aliphatic heterocycles. The molecule has 138 valence electrons. The molecule has 1 aliphatic rings. The van der Waals surface area contributed by atoms with E-state index in [1.165, 1.54) is 11.6 Å². The first-order chi connectivity index (χ1) is 12.6. The maximum Gasteiger partial charge on any atom is 0.292 e. The van der Waals surface area contributed by atoms with Gasteiger partial charge in [-0.3, -0.25) is 10.1 Å². The van der Waals surface area contributed by atoms with Crippen molar-refractivity contribution in [1.82, 2.24) is 0 Å². The summed E-state index contributed by atoms with van der Waals surface area (Å²) in [4.78, 5) is 10.9. The molecule has 1 fully saturated rings. The molecule has 0 spiro atoms.